The third-order valence-corrected chi connectivity index (χ3v) is 2.80. The Bertz CT molecular complexity index is 482. The molecule has 18 heavy (non-hydrogen) atoms. The van der Waals surface area contributed by atoms with E-state index >= 15 is 0 Å². The van der Waals surface area contributed by atoms with Crippen molar-refractivity contribution in [2.45, 2.75) is 0 Å². The van der Waals surface area contributed by atoms with E-state index in [1.807, 2.05) is 36.4 Å². The summed E-state index contributed by atoms with van der Waals surface area (Å²) in [5.41, 5.74) is 2.17. The molecule has 0 atom stereocenters. The number of ether oxygens (including phenoxy) is 2. The maximum absolute atomic E-state index is 5.50. The summed E-state index contributed by atoms with van der Waals surface area (Å²) in [7, 11) is 1.61. The van der Waals surface area contributed by atoms with Crippen molar-refractivity contribution in [1.29, 1.82) is 0 Å². The predicted molar refractivity (Wildman–Crippen MR) is 75.5 cm³/mol. The second-order valence-corrected chi connectivity index (χ2v) is 4.44. The summed E-state index contributed by atoms with van der Waals surface area (Å²) < 4.78 is 10.5. The topological polar surface area (TPSA) is 31.4 Å². The smallest absolute Gasteiger partial charge is 0.212 e. The normalized spacial score (nSPS) is 10.1. The molecular formula is C14H14BrNO2. The van der Waals surface area contributed by atoms with Gasteiger partial charge in [-0.15, -0.1) is 0 Å². The zero-order valence-electron chi connectivity index (χ0n) is 10.1. The summed E-state index contributed by atoms with van der Waals surface area (Å²) in [6, 6.07) is 11.8. The molecule has 0 aliphatic rings. The highest BCUT2D eigenvalue weighted by Gasteiger charge is 2.00. The van der Waals surface area contributed by atoms with Gasteiger partial charge in [-0.2, -0.15) is 0 Å². The highest BCUT2D eigenvalue weighted by Crippen LogP contribution is 2.23. The van der Waals surface area contributed by atoms with Gasteiger partial charge in [0.25, 0.3) is 0 Å². The summed E-state index contributed by atoms with van der Waals surface area (Å²) >= 11 is 3.33. The first-order chi connectivity index (χ1) is 8.83. The van der Waals surface area contributed by atoms with E-state index in [1.54, 1.807) is 13.3 Å². The van der Waals surface area contributed by atoms with Crippen molar-refractivity contribution in [3.63, 3.8) is 0 Å². The van der Waals surface area contributed by atoms with Crippen molar-refractivity contribution in [3.05, 3.63) is 42.6 Å². The van der Waals surface area contributed by atoms with Gasteiger partial charge in [0.15, 0.2) is 0 Å². The van der Waals surface area contributed by atoms with Gasteiger partial charge in [-0.3, -0.25) is 0 Å². The molecule has 0 bridgehead atoms. The SMILES string of the molecule is COc1ccc(-c2ccc(OCCBr)cc2)cn1. The maximum Gasteiger partial charge on any atom is 0.212 e. The highest BCUT2D eigenvalue weighted by atomic mass is 79.9. The second kappa shape index (κ2) is 6.40. The van der Waals surface area contributed by atoms with Crippen molar-refractivity contribution in [2.24, 2.45) is 0 Å². The van der Waals surface area contributed by atoms with Crippen LogP contribution in [0.5, 0.6) is 11.6 Å². The number of halogens is 1. The fourth-order valence-corrected chi connectivity index (χ4v) is 1.73. The van der Waals surface area contributed by atoms with E-state index in [1.165, 1.54) is 0 Å². The number of benzene rings is 1. The van der Waals surface area contributed by atoms with E-state index in [-0.39, 0.29) is 0 Å². The van der Waals surface area contributed by atoms with Gasteiger partial charge in [0.05, 0.1) is 13.7 Å². The number of nitrogens with zero attached hydrogens (tertiary/aromatic N) is 1. The maximum atomic E-state index is 5.50. The predicted octanol–water partition coefficient (Wildman–Crippen LogP) is 3.53. The van der Waals surface area contributed by atoms with E-state index in [0.717, 1.165) is 22.2 Å². The lowest BCUT2D eigenvalue weighted by Crippen LogP contribution is -1.97. The van der Waals surface area contributed by atoms with Crippen molar-refractivity contribution in [1.82, 2.24) is 4.98 Å². The van der Waals surface area contributed by atoms with E-state index in [9.17, 15) is 0 Å². The molecule has 0 spiro atoms. The number of hydrogen-bond acceptors (Lipinski definition) is 3. The molecule has 0 unspecified atom stereocenters. The molecule has 1 aromatic heterocycles. The molecule has 1 aromatic carbocycles. The van der Waals surface area contributed by atoms with Gasteiger partial charge >= 0.3 is 0 Å². The van der Waals surface area contributed by atoms with Crippen molar-refractivity contribution in [3.8, 4) is 22.8 Å². The first-order valence-electron chi connectivity index (χ1n) is 5.62. The van der Waals surface area contributed by atoms with Crippen LogP contribution in [0.15, 0.2) is 42.6 Å². The fraction of sp³-hybridized carbons (Fsp3) is 0.214. The molecule has 1 heterocycles. The summed E-state index contributed by atoms with van der Waals surface area (Å²) in [6.45, 7) is 0.670. The van der Waals surface area contributed by atoms with Crippen molar-refractivity contribution >= 4 is 15.9 Å². The highest BCUT2D eigenvalue weighted by molar-refractivity contribution is 9.09. The minimum absolute atomic E-state index is 0.621. The molecule has 2 rings (SSSR count). The quantitative estimate of drug-likeness (QED) is 0.792. The first-order valence-corrected chi connectivity index (χ1v) is 6.75. The van der Waals surface area contributed by atoms with Crippen LogP contribution in [-0.2, 0) is 0 Å². The van der Waals surface area contributed by atoms with Crippen LogP contribution in [0.3, 0.4) is 0 Å². The van der Waals surface area contributed by atoms with Crippen LogP contribution in [0, 0.1) is 0 Å². The molecule has 0 aliphatic heterocycles. The van der Waals surface area contributed by atoms with Crippen LogP contribution in [0.1, 0.15) is 0 Å². The van der Waals surface area contributed by atoms with Crippen molar-refractivity contribution < 1.29 is 9.47 Å². The van der Waals surface area contributed by atoms with Crippen LogP contribution in [0.4, 0.5) is 0 Å². The Morgan fingerprint density at radius 3 is 2.33 bits per heavy atom. The summed E-state index contributed by atoms with van der Waals surface area (Å²) in [6.07, 6.45) is 1.80. The number of alkyl halides is 1. The van der Waals surface area contributed by atoms with Gasteiger partial charge in [-0.25, -0.2) is 4.98 Å². The standard InChI is InChI=1S/C14H14BrNO2/c1-17-14-7-4-12(10-16-14)11-2-5-13(6-3-11)18-9-8-15/h2-7,10H,8-9H2,1H3. The molecule has 0 amide bonds. The minimum atomic E-state index is 0.621. The van der Waals surface area contributed by atoms with E-state index in [4.69, 9.17) is 9.47 Å². The average Bonchev–Trinajstić information content (AvgIpc) is 2.46. The number of methoxy groups -OCH3 is 1. The first kappa shape index (κ1) is 12.9. The Labute approximate surface area is 115 Å². The van der Waals surface area contributed by atoms with Crippen LogP contribution < -0.4 is 9.47 Å². The van der Waals surface area contributed by atoms with Crippen LogP contribution in [0.25, 0.3) is 11.1 Å². The van der Waals surface area contributed by atoms with Crippen molar-refractivity contribution in [2.75, 3.05) is 19.0 Å². The Morgan fingerprint density at radius 2 is 1.78 bits per heavy atom. The lowest BCUT2D eigenvalue weighted by molar-refractivity contribution is 0.345. The van der Waals surface area contributed by atoms with E-state index in [2.05, 4.69) is 20.9 Å². The van der Waals surface area contributed by atoms with Gasteiger partial charge in [-0.05, 0) is 23.8 Å². The molecule has 0 radical (unpaired) electrons. The largest absolute Gasteiger partial charge is 0.493 e. The Hall–Kier alpha value is -1.55. The summed E-state index contributed by atoms with van der Waals surface area (Å²) in [5, 5.41) is 0.831. The zero-order valence-corrected chi connectivity index (χ0v) is 11.7. The molecule has 4 heteroatoms. The number of pyridine rings is 1. The van der Waals surface area contributed by atoms with Crippen LogP contribution >= 0.6 is 15.9 Å². The Morgan fingerprint density at radius 1 is 1.06 bits per heavy atom. The molecule has 2 aromatic rings. The average molecular weight is 308 g/mol. The zero-order chi connectivity index (χ0) is 12.8. The number of aromatic nitrogens is 1. The van der Waals surface area contributed by atoms with Gasteiger partial charge in [0.2, 0.25) is 5.88 Å². The molecule has 94 valence electrons. The molecule has 0 fully saturated rings. The molecule has 0 saturated carbocycles. The molecular weight excluding hydrogens is 294 g/mol. The van der Waals surface area contributed by atoms with E-state index < -0.39 is 0 Å². The minimum Gasteiger partial charge on any atom is -0.493 e. The van der Waals surface area contributed by atoms with Gasteiger partial charge in [0, 0.05) is 23.2 Å². The summed E-state index contributed by atoms with van der Waals surface area (Å²) in [4.78, 5) is 4.19. The third-order valence-electron chi connectivity index (χ3n) is 2.48. The molecule has 0 saturated heterocycles. The van der Waals surface area contributed by atoms with E-state index in [0.29, 0.717) is 12.5 Å². The lowest BCUT2D eigenvalue weighted by atomic mass is 10.1. The fourth-order valence-electron chi connectivity index (χ4n) is 1.57. The van der Waals surface area contributed by atoms with Gasteiger partial charge in [-0.1, -0.05) is 28.1 Å². The molecule has 0 aliphatic carbocycles. The Kier molecular flexibility index (Phi) is 4.59. The van der Waals surface area contributed by atoms with Gasteiger partial charge < -0.3 is 9.47 Å². The van der Waals surface area contributed by atoms with Crippen LogP contribution in [-0.4, -0.2) is 24.0 Å². The number of rotatable bonds is 5. The molecule has 3 nitrogen and oxygen atoms in total. The van der Waals surface area contributed by atoms with Crippen LogP contribution in [0.2, 0.25) is 0 Å². The number of hydrogen-bond donors (Lipinski definition) is 0. The third kappa shape index (κ3) is 3.23. The monoisotopic (exact) mass is 307 g/mol. The summed E-state index contributed by atoms with van der Waals surface area (Å²) in [5.74, 6) is 1.50. The lowest BCUT2D eigenvalue weighted by Gasteiger charge is -2.06. The second-order valence-electron chi connectivity index (χ2n) is 3.65. The Balaban J connectivity index is 2.12. The van der Waals surface area contributed by atoms with Gasteiger partial charge in [0.1, 0.15) is 5.75 Å². The molecule has 0 N–H and O–H groups in total.